The Bertz CT molecular complexity index is 849. The topological polar surface area (TPSA) is 86.2 Å². The quantitative estimate of drug-likeness (QED) is 0.829. The van der Waals surface area contributed by atoms with Crippen molar-refractivity contribution in [3.05, 3.63) is 64.1 Å². The lowest BCUT2D eigenvalue weighted by Crippen LogP contribution is -2.31. The molecule has 4 nitrogen and oxygen atoms in total. The van der Waals surface area contributed by atoms with Crippen LogP contribution in [0.3, 0.4) is 0 Å². The Hall–Kier alpha value is -1.11. The van der Waals surface area contributed by atoms with Crippen LogP contribution in [0.1, 0.15) is 11.5 Å². The van der Waals surface area contributed by atoms with Gasteiger partial charge in [-0.2, -0.15) is 0 Å². The largest absolute Gasteiger partial charge is 0.330 e. The lowest BCUT2D eigenvalue weighted by atomic mass is 9.99. The van der Waals surface area contributed by atoms with Crippen molar-refractivity contribution in [2.24, 2.45) is 16.9 Å². The molecule has 0 bridgehead atoms. The normalized spacial score (nSPS) is 22.3. The summed E-state index contributed by atoms with van der Waals surface area (Å²) in [5, 5.41) is 0.379. The van der Waals surface area contributed by atoms with Crippen molar-refractivity contribution in [3.8, 4) is 0 Å². The third kappa shape index (κ3) is 2.74. The summed E-state index contributed by atoms with van der Waals surface area (Å²) < 4.78 is 26.2. The lowest BCUT2D eigenvalue weighted by Gasteiger charge is -2.13. The van der Waals surface area contributed by atoms with Gasteiger partial charge in [-0.3, -0.25) is 0 Å². The summed E-state index contributed by atoms with van der Waals surface area (Å²) in [4.78, 5) is 0.229. The fourth-order valence-electron chi connectivity index (χ4n) is 3.49. The van der Waals surface area contributed by atoms with Gasteiger partial charge in [0.2, 0.25) is 0 Å². The maximum absolute atomic E-state index is 13.1. The van der Waals surface area contributed by atoms with Gasteiger partial charge in [-0.15, -0.1) is 0 Å². The first kappa shape index (κ1) is 17.7. The molecule has 2 aromatic rings. The van der Waals surface area contributed by atoms with Gasteiger partial charge in [0.1, 0.15) is 0 Å². The number of halogens is 2. The highest BCUT2D eigenvalue weighted by Gasteiger charge is 2.69. The Morgan fingerprint density at radius 3 is 2.12 bits per heavy atom. The molecular formula is C17H18Cl2N2O2S. The van der Waals surface area contributed by atoms with E-state index in [1.165, 1.54) is 12.1 Å². The molecular weight excluding hydrogens is 367 g/mol. The number of sulfone groups is 1. The van der Waals surface area contributed by atoms with Crippen molar-refractivity contribution in [1.29, 1.82) is 0 Å². The molecule has 128 valence electrons. The van der Waals surface area contributed by atoms with Crippen LogP contribution in [0.2, 0.25) is 10.0 Å². The van der Waals surface area contributed by atoms with E-state index in [2.05, 4.69) is 0 Å². The van der Waals surface area contributed by atoms with Crippen LogP contribution in [0.25, 0.3) is 0 Å². The van der Waals surface area contributed by atoms with E-state index in [1.807, 2.05) is 6.07 Å². The SMILES string of the molecule is NCC1(CN)[C@H](S(=O)(=O)c2ccc(Cl)cc2)[C@@H]1c1cccc(Cl)c1. The monoisotopic (exact) mass is 384 g/mol. The van der Waals surface area contributed by atoms with Gasteiger partial charge in [0.15, 0.2) is 9.84 Å². The van der Waals surface area contributed by atoms with E-state index in [-0.39, 0.29) is 23.9 Å². The highest BCUT2D eigenvalue weighted by Crippen LogP contribution is 2.63. The van der Waals surface area contributed by atoms with Crippen LogP contribution in [0.5, 0.6) is 0 Å². The van der Waals surface area contributed by atoms with Crippen molar-refractivity contribution in [2.45, 2.75) is 16.1 Å². The molecule has 0 aliphatic heterocycles. The van der Waals surface area contributed by atoms with Crippen LogP contribution >= 0.6 is 23.2 Å². The van der Waals surface area contributed by atoms with Crippen LogP contribution in [-0.2, 0) is 9.84 Å². The van der Waals surface area contributed by atoms with Gasteiger partial charge in [-0.1, -0.05) is 35.3 Å². The molecule has 0 saturated heterocycles. The van der Waals surface area contributed by atoms with E-state index in [9.17, 15) is 8.42 Å². The van der Waals surface area contributed by atoms with Crippen molar-refractivity contribution in [3.63, 3.8) is 0 Å². The maximum atomic E-state index is 13.1. The van der Waals surface area contributed by atoms with Gasteiger partial charge < -0.3 is 11.5 Å². The van der Waals surface area contributed by atoms with Gasteiger partial charge in [0.25, 0.3) is 0 Å². The van der Waals surface area contributed by atoms with Crippen molar-refractivity contribution in [2.75, 3.05) is 13.1 Å². The summed E-state index contributed by atoms with van der Waals surface area (Å²) in [7, 11) is -3.59. The Balaban J connectivity index is 2.06. The number of rotatable bonds is 5. The first-order valence-corrected chi connectivity index (χ1v) is 9.82. The van der Waals surface area contributed by atoms with Crippen molar-refractivity contribution in [1.82, 2.24) is 0 Å². The minimum atomic E-state index is -3.59. The zero-order chi connectivity index (χ0) is 17.5. The molecule has 0 amide bonds. The predicted molar refractivity (Wildman–Crippen MR) is 97.2 cm³/mol. The average Bonchev–Trinajstić information content (AvgIpc) is 3.26. The molecule has 1 aliphatic rings. The second-order valence-electron chi connectivity index (χ2n) is 6.09. The molecule has 0 unspecified atom stereocenters. The summed E-state index contributed by atoms with van der Waals surface area (Å²) in [6.07, 6.45) is 0. The van der Waals surface area contributed by atoms with Gasteiger partial charge in [-0.25, -0.2) is 8.42 Å². The predicted octanol–water partition coefficient (Wildman–Crippen LogP) is 2.84. The smallest absolute Gasteiger partial charge is 0.182 e. The molecule has 24 heavy (non-hydrogen) atoms. The lowest BCUT2D eigenvalue weighted by molar-refractivity contribution is 0.510. The Morgan fingerprint density at radius 2 is 1.58 bits per heavy atom. The zero-order valence-corrected chi connectivity index (χ0v) is 15.2. The molecule has 1 fully saturated rings. The van der Waals surface area contributed by atoms with Gasteiger partial charge in [-0.05, 0) is 42.0 Å². The van der Waals surface area contributed by atoms with E-state index in [0.29, 0.717) is 10.0 Å². The molecule has 0 aromatic heterocycles. The van der Waals surface area contributed by atoms with Gasteiger partial charge in [0, 0.05) is 34.5 Å². The molecule has 0 heterocycles. The highest BCUT2D eigenvalue weighted by atomic mass is 35.5. The fourth-order valence-corrected chi connectivity index (χ4v) is 6.29. The molecule has 1 saturated carbocycles. The number of hydrogen-bond donors (Lipinski definition) is 2. The molecule has 0 radical (unpaired) electrons. The average molecular weight is 385 g/mol. The second kappa shape index (κ2) is 6.32. The van der Waals surface area contributed by atoms with Gasteiger partial charge in [0.05, 0.1) is 10.1 Å². The summed E-state index contributed by atoms with van der Waals surface area (Å²) in [6, 6.07) is 13.4. The molecule has 1 aliphatic carbocycles. The molecule has 7 heteroatoms. The van der Waals surface area contributed by atoms with E-state index in [4.69, 9.17) is 34.7 Å². The molecule has 2 atom stereocenters. The first-order valence-electron chi connectivity index (χ1n) is 7.52. The van der Waals surface area contributed by atoms with Crippen LogP contribution in [0, 0.1) is 5.41 Å². The maximum Gasteiger partial charge on any atom is 0.182 e. The Labute approximate surface area is 151 Å². The van der Waals surface area contributed by atoms with Crippen LogP contribution in [0.4, 0.5) is 0 Å². The van der Waals surface area contributed by atoms with Crippen LogP contribution < -0.4 is 11.5 Å². The molecule has 4 N–H and O–H groups in total. The first-order chi connectivity index (χ1) is 11.4. The van der Waals surface area contributed by atoms with Crippen molar-refractivity contribution >= 4 is 33.0 Å². The minimum Gasteiger partial charge on any atom is -0.330 e. The summed E-state index contributed by atoms with van der Waals surface area (Å²) >= 11 is 11.9. The second-order valence-corrected chi connectivity index (χ2v) is 9.04. The van der Waals surface area contributed by atoms with E-state index >= 15 is 0 Å². The number of nitrogens with two attached hydrogens (primary N) is 2. The summed E-state index contributed by atoms with van der Waals surface area (Å²) in [5.74, 6) is -0.271. The van der Waals surface area contributed by atoms with E-state index in [0.717, 1.165) is 5.56 Å². The zero-order valence-electron chi connectivity index (χ0n) is 12.8. The fraction of sp³-hybridized carbons (Fsp3) is 0.294. The van der Waals surface area contributed by atoms with Crippen molar-refractivity contribution < 1.29 is 8.42 Å². The van der Waals surface area contributed by atoms with Gasteiger partial charge >= 0.3 is 0 Å². The number of hydrogen-bond acceptors (Lipinski definition) is 4. The third-order valence-electron chi connectivity index (χ3n) is 4.82. The van der Waals surface area contributed by atoms with E-state index in [1.54, 1.807) is 30.3 Å². The highest BCUT2D eigenvalue weighted by molar-refractivity contribution is 7.92. The van der Waals surface area contributed by atoms with Crippen LogP contribution in [0.15, 0.2) is 53.4 Å². The molecule has 2 aromatic carbocycles. The summed E-state index contributed by atoms with van der Waals surface area (Å²) in [5.41, 5.74) is 12.0. The third-order valence-corrected chi connectivity index (χ3v) is 7.65. The molecule has 3 rings (SSSR count). The van der Waals surface area contributed by atoms with Crippen LogP contribution in [-0.4, -0.2) is 26.8 Å². The number of benzene rings is 2. The minimum absolute atomic E-state index is 0.193. The van der Waals surface area contributed by atoms with E-state index < -0.39 is 20.5 Å². The Morgan fingerprint density at radius 1 is 0.958 bits per heavy atom. The molecule has 0 spiro atoms. The standard InChI is InChI=1S/C17H18Cl2N2O2S/c18-12-4-6-14(7-5-12)24(22,23)16-15(17(16,9-20)10-21)11-2-1-3-13(19)8-11/h1-8,15-16H,9-10,20-21H2/t15-,16+/m0/s1. The summed E-state index contributed by atoms with van der Waals surface area (Å²) in [6.45, 7) is 0.385. The Kier molecular flexibility index (Phi) is 4.66.